The van der Waals surface area contributed by atoms with Gasteiger partial charge in [-0.25, -0.2) is 4.98 Å². The van der Waals surface area contributed by atoms with Crippen molar-refractivity contribution in [3.8, 4) is 11.5 Å². The van der Waals surface area contributed by atoms with E-state index in [4.69, 9.17) is 9.47 Å². The van der Waals surface area contributed by atoms with Crippen LogP contribution in [0.25, 0.3) is 10.2 Å². The number of carbonyl (C=O) groups is 2. The zero-order valence-electron chi connectivity index (χ0n) is 17.7. The first-order chi connectivity index (χ1) is 14.8. The maximum atomic E-state index is 12.9. The van der Waals surface area contributed by atoms with Gasteiger partial charge in [0.15, 0.2) is 18.1 Å². The fourth-order valence-electron chi connectivity index (χ4n) is 2.94. The summed E-state index contributed by atoms with van der Waals surface area (Å²) < 4.78 is 11.4. The van der Waals surface area contributed by atoms with Crippen LogP contribution >= 0.6 is 11.3 Å². The number of hydrogen-bond acceptors (Lipinski definition) is 7. The molecule has 2 heterocycles. The predicted molar refractivity (Wildman–Crippen MR) is 118 cm³/mol. The third kappa shape index (κ3) is 5.40. The van der Waals surface area contributed by atoms with E-state index >= 15 is 0 Å². The Hall–Kier alpha value is -3.40. The van der Waals surface area contributed by atoms with E-state index in [1.54, 1.807) is 36.7 Å². The Balaban J connectivity index is 1.71. The van der Waals surface area contributed by atoms with Crippen molar-refractivity contribution < 1.29 is 19.1 Å². The van der Waals surface area contributed by atoms with Gasteiger partial charge in [0.05, 0.1) is 19.2 Å². The lowest BCUT2D eigenvalue weighted by molar-refractivity contribution is -0.123. The fourth-order valence-corrected chi connectivity index (χ4v) is 3.67. The molecule has 2 aromatic heterocycles. The van der Waals surface area contributed by atoms with Crippen LogP contribution in [0.1, 0.15) is 30.0 Å². The third-order valence-corrected chi connectivity index (χ3v) is 5.22. The molecule has 0 atom stereocenters. The third-order valence-electron chi connectivity index (χ3n) is 4.32. The van der Waals surface area contributed by atoms with Gasteiger partial charge in [0.1, 0.15) is 10.5 Å². The van der Waals surface area contributed by atoms with Crippen molar-refractivity contribution in [3.05, 3.63) is 51.4 Å². The van der Waals surface area contributed by atoms with Crippen LogP contribution in [0.3, 0.4) is 0 Å². The van der Waals surface area contributed by atoms with Gasteiger partial charge in [-0.05, 0) is 43.5 Å². The molecule has 0 saturated heterocycles. The van der Waals surface area contributed by atoms with Gasteiger partial charge in [-0.15, -0.1) is 11.3 Å². The number of methoxy groups -OCH3 is 1. The van der Waals surface area contributed by atoms with E-state index in [9.17, 15) is 14.4 Å². The molecule has 0 aliphatic carbocycles. The number of aromatic nitrogens is 2. The number of carbonyl (C=O) groups excluding carboxylic acids is 2. The fraction of sp³-hybridized carbons (Fsp3) is 0.333. The molecule has 2 amide bonds. The summed E-state index contributed by atoms with van der Waals surface area (Å²) in [6.45, 7) is 3.69. The van der Waals surface area contributed by atoms with Crippen molar-refractivity contribution >= 4 is 33.4 Å². The highest BCUT2D eigenvalue weighted by molar-refractivity contribution is 7.17. The molecule has 0 unspecified atom stereocenters. The van der Waals surface area contributed by atoms with Gasteiger partial charge in [-0.3, -0.25) is 14.4 Å². The van der Waals surface area contributed by atoms with Gasteiger partial charge >= 0.3 is 0 Å². The summed E-state index contributed by atoms with van der Waals surface area (Å²) in [7, 11) is 3.08. The minimum Gasteiger partial charge on any atom is -0.493 e. The molecule has 0 saturated carbocycles. The topological polar surface area (TPSA) is 114 Å². The Morgan fingerprint density at radius 1 is 1.26 bits per heavy atom. The summed E-state index contributed by atoms with van der Waals surface area (Å²) >= 11 is 1.32. The predicted octanol–water partition coefficient (Wildman–Crippen LogP) is 2.17. The summed E-state index contributed by atoms with van der Waals surface area (Å²) in [4.78, 5) is 45.3. The van der Waals surface area contributed by atoms with Crippen LogP contribution in [0.2, 0.25) is 0 Å². The SMILES string of the molecule is COc1cc(C(=O)N(C)Cc2nc3ccsc3c(=O)[nH]2)ccc1OCC(=O)NC(C)C. The number of benzene rings is 1. The lowest BCUT2D eigenvalue weighted by Crippen LogP contribution is -2.34. The van der Waals surface area contributed by atoms with E-state index in [2.05, 4.69) is 15.3 Å². The van der Waals surface area contributed by atoms with E-state index in [0.717, 1.165) is 0 Å². The summed E-state index contributed by atoms with van der Waals surface area (Å²) in [6.07, 6.45) is 0. The average molecular weight is 445 g/mol. The molecule has 0 spiro atoms. The van der Waals surface area contributed by atoms with E-state index in [1.807, 2.05) is 13.8 Å². The number of fused-ring (bicyclic) bond motifs is 1. The molecule has 3 rings (SSSR count). The number of thiophene rings is 1. The quantitative estimate of drug-likeness (QED) is 0.551. The maximum absolute atomic E-state index is 12.9. The summed E-state index contributed by atoms with van der Waals surface area (Å²) in [5.41, 5.74) is 0.757. The lowest BCUT2D eigenvalue weighted by atomic mass is 10.1. The van der Waals surface area contributed by atoms with Crippen LogP contribution in [-0.4, -0.2) is 53.5 Å². The van der Waals surface area contributed by atoms with Crippen LogP contribution in [0.5, 0.6) is 11.5 Å². The van der Waals surface area contributed by atoms with Crippen molar-refractivity contribution in [2.75, 3.05) is 20.8 Å². The second kappa shape index (κ2) is 9.61. The largest absolute Gasteiger partial charge is 0.493 e. The Kier molecular flexibility index (Phi) is 6.91. The second-order valence-corrected chi connectivity index (χ2v) is 8.10. The molecule has 9 nitrogen and oxygen atoms in total. The molecule has 0 bridgehead atoms. The van der Waals surface area contributed by atoms with Gasteiger partial charge in [-0.1, -0.05) is 0 Å². The number of ether oxygens (including phenoxy) is 2. The normalized spacial score (nSPS) is 10.9. The van der Waals surface area contributed by atoms with Crippen molar-refractivity contribution in [2.45, 2.75) is 26.4 Å². The number of H-pyrrole nitrogens is 1. The molecule has 0 fully saturated rings. The minimum absolute atomic E-state index is 0.0124. The van der Waals surface area contributed by atoms with Gasteiger partial charge in [0, 0.05) is 18.7 Å². The Morgan fingerprint density at radius 2 is 2.03 bits per heavy atom. The molecule has 31 heavy (non-hydrogen) atoms. The lowest BCUT2D eigenvalue weighted by Gasteiger charge is -2.18. The highest BCUT2D eigenvalue weighted by Crippen LogP contribution is 2.28. The van der Waals surface area contributed by atoms with Crippen molar-refractivity contribution in [2.24, 2.45) is 0 Å². The van der Waals surface area contributed by atoms with Gasteiger partial charge in [-0.2, -0.15) is 0 Å². The Morgan fingerprint density at radius 3 is 2.74 bits per heavy atom. The molecule has 164 valence electrons. The van der Waals surface area contributed by atoms with Crippen molar-refractivity contribution in [3.63, 3.8) is 0 Å². The minimum atomic E-state index is -0.282. The van der Waals surface area contributed by atoms with Crippen molar-refractivity contribution in [1.82, 2.24) is 20.2 Å². The molecule has 10 heteroatoms. The molecular formula is C21H24N4O5S. The summed E-state index contributed by atoms with van der Waals surface area (Å²) in [6, 6.07) is 6.51. The molecule has 1 aromatic carbocycles. The number of hydrogen-bond donors (Lipinski definition) is 2. The number of nitrogens with one attached hydrogen (secondary N) is 2. The number of rotatable bonds is 8. The van der Waals surface area contributed by atoms with Crippen LogP contribution in [0.15, 0.2) is 34.4 Å². The highest BCUT2D eigenvalue weighted by Gasteiger charge is 2.17. The van der Waals surface area contributed by atoms with E-state index in [1.165, 1.54) is 23.3 Å². The number of nitrogens with zero attached hydrogens (tertiary/aromatic N) is 2. The number of aromatic amines is 1. The van der Waals surface area contributed by atoms with Gasteiger partial charge < -0.3 is 24.7 Å². The molecule has 0 aliphatic rings. The first kappa shape index (κ1) is 22.3. The van der Waals surface area contributed by atoms with Crippen LogP contribution in [0.4, 0.5) is 0 Å². The zero-order valence-corrected chi connectivity index (χ0v) is 18.5. The monoisotopic (exact) mass is 444 g/mol. The summed E-state index contributed by atoms with van der Waals surface area (Å²) in [5.74, 6) is 0.559. The van der Waals surface area contributed by atoms with E-state index in [0.29, 0.717) is 33.1 Å². The first-order valence-electron chi connectivity index (χ1n) is 9.60. The van der Waals surface area contributed by atoms with Crippen LogP contribution in [-0.2, 0) is 11.3 Å². The van der Waals surface area contributed by atoms with E-state index < -0.39 is 0 Å². The van der Waals surface area contributed by atoms with Crippen molar-refractivity contribution in [1.29, 1.82) is 0 Å². The average Bonchev–Trinajstić information content (AvgIpc) is 3.20. The first-order valence-corrected chi connectivity index (χ1v) is 10.5. The van der Waals surface area contributed by atoms with Gasteiger partial charge in [0.25, 0.3) is 17.4 Å². The number of amides is 2. The molecule has 2 N–H and O–H groups in total. The summed E-state index contributed by atoms with van der Waals surface area (Å²) in [5, 5.41) is 4.53. The molecular weight excluding hydrogens is 420 g/mol. The smallest absolute Gasteiger partial charge is 0.268 e. The Labute approximate surface area is 183 Å². The highest BCUT2D eigenvalue weighted by atomic mass is 32.1. The standard InChI is InChI=1S/C21H24N4O5S/c1-12(2)22-18(26)11-30-15-6-5-13(9-16(15)29-4)21(28)25(3)10-17-23-14-7-8-31-19(14)20(27)24-17/h5-9,12H,10-11H2,1-4H3,(H,22,26)(H,23,24,27). The zero-order chi connectivity index (χ0) is 22.5. The van der Waals surface area contributed by atoms with Gasteiger partial charge in [0.2, 0.25) is 0 Å². The molecule has 3 aromatic rings. The molecule has 0 radical (unpaired) electrons. The Bertz CT molecular complexity index is 1150. The second-order valence-electron chi connectivity index (χ2n) is 7.19. The van der Waals surface area contributed by atoms with E-state index in [-0.39, 0.29) is 36.6 Å². The molecule has 0 aliphatic heterocycles. The maximum Gasteiger partial charge on any atom is 0.268 e. The van der Waals surface area contributed by atoms with Crippen LogP contribution in [0, 0.1) is 0 Å². The van der Waals surface area contributed by atoms with Crippen LogP contribution < -0.4 is 20.3 Å².